The average Bonchev–Trinajstić information content (AvgIpc) is 2.17. The highest BCUT2D eigenvalue weighted by Crippen LogP contribution is 2.05. The van der Waals surface area contributed by atoms with Gasteiger partial charge in [0.25, 0.3) is 0 Å². The maximum Gasteiger partial charge on any atom is 0.0855 e. The van der Waals surface area contributed by atoms with Crippen molar-refractivity contribution in [3.8, 4) is 12.3 Å². The van der Waals surface area contributed by atoms with E-state index in [1.54, 1.807) is 0 Å². The van der Waals surface area contributed by atoms with Gasteiger partial charge in [0.05, 0.1) is 6.04 Å². The van der Waals surface area contributed by atoms with Crippen molar-refractivity contribution in [2.24, 2.45) is 5.84 Å². The van der Waals surface area contributed by atoms with Crippen LogP contribution >= 0.6 is 0 Å². The first-order valence-corrected chi connectivity index (χ1v) is 4.24. The summed E-state index contributed by atoms with van der Waals surface area (Å²) >= 11 is 0. The molecule has 3 N–H and O–H groups in total. The Bertz CT molecular complexity index is 295. The Morgan fingerprint density at radius 1 is 1.46 bits per heavy atom. The van der Waals surface area contributed by atoms with E-state index < -0.39 is 0 Å². The number of terminal acetylenes is 1. The first-order valence-electron chi connectivity index (χ1n) is 4.24. The van der Waals surface area contributed by atoms with E-state index in [9.17, 15) is 0 Å². The van der Waals surface area contributed by atoms with E-state index >= 15 is 0 Å². The van der Waals surface area contributed by atoms with Crippen molar-refractivity contribution < 1.29 is 0 Å². The maximum absolute atomic E-state index is 5.27. The summed E-state index contributed by atoms with van der Waals surface area (Å²) in [5.41, 5.74) is 5.03. The van der Waals surface area contributed by atoms with Crippen LogP contribution in [0.15, 0.2) is 24.3 Å². The zero-order valence-electron chi connectivity index (χ0n) is 7.75. The molecule has 0 spiro atoms. The lowest BCUT2D eigenvalue weighted by Crippen LogP contribution is -2.35. The minimum absolute atomic E-state index is 0.0808. The Labute approximate surface area is 79.1 Å². The molecule has 2 heteroatoms. The van der Waals surface area contributed by atoms with Crippen LogP contribution in [0.3, 0.4) is 0 Å². The quantitative estimate of drug-likeness (QED) is 0.407. The number of nitrogens with one attached hydrogen (secondary N) is 1. The number of aryl methyl sites for hydroxylation is 1. The summed E-state index contributed by atoms with van der Waals surface area (Å²) in [5.74, 6) is 7.85. The number of nitrogens with two attached hydrogens (primary N) is 1. The van der Waals surface area contributed by atoms with Crippen LogP contribution in [0.25, 0.3) is 0 Å². The van der Waals surface area contributed by atoms with Crippen LogP contribution < -0.4 is 11.3 Å². The fourth-order valence-electron chi connectivity index (χ4n) is 1.13. The molecule has 0 aliphatic heterocycles. The van der Waals surface area contributed by atoms with Gasteiger partial charge in [-0.2, -0.15) is 0 Å². The Kier molecular flexibility index (Phi) is 3.51. The molecule has 0 aliphatic rings. The van der Waals surface area contributed by atoms with Gasteiger partial charge in [-0.3, -0.25) is 5.84 Å². The molecule has 0 fully saturated rings. The topological polar surface area (TPSA) is 38.0 Å². The van der Waals surface area contributed by atoms with Crippen molar-refractivity contribution in [2.75, 3.05) is 0 Å². The van der Waals surface area contributed by atoms with Crippen LogP contribution in [0, 0.1) is 19.3 Å². The first-order chi connectivity index (χ1) is 6.26. The van der Waals surface area contributed by atoms with Crippen LogP contribution in [-0.2, 0) is 6.42 Å². The van der Waals surface area contributed by atoms with Crippen molar-refractivity contribution in [3.63, 3.8) is 0 Å². The van der Waals surface area contributed by atoms with Gasteiger partial charge in [0.2, 0.25) is 0 Å². The monoisotopic (exact) mass is 174 g/mol. The molecule has 1 aromatic carbocycles. The molecule has 68 valence electrons. The molecule has 0 aromatic heterocycles. The van der Waals surface area contributed by atoms with E-state index in [1.807, 2.05) is 0 Å². The molecular formula is C11H14N2. The summed E-state index contributed by atoms with van der Waals surface area (Å²) in [4.78, 5) is 0. The van der Waals surface area contributed by atoms with E-state index in [0.717, 1.165) is 6.42 Å². The molecule has 0 bridgehead atoms. The third-order valence-electron chi connectivity index (χ3n) is 1.96. The Morgan fingerprint density at radius 3 is 2.54 bits per heavy atom. The molecule has 13 heavy (non-hydrogen) atoms. The average molecular weight is 174 g/mol. The lowest BCUT2D eigenvalue weighted by molar-refractivity contribution is 0.634. The molecule has 1 aromatic rings. The third-order valence-corrected chi connectivity index (χ3v) is 1.96. The van der Waals surface area contributed by atoms with Gasteiger partial charge in [0, 0.05) is 6.42 Å². The maximum atomic E-state index is 5.27. The van der Waals surface area contributed by atoms with Gasteiger partial charge in [-0.1, -0.05) is 35.7 Å². The van der Waals surface area contributed by atoms with Gasteiger partial charge in [-0.05, 0) is 12.5 Å². The van der Waals surface area contributed by atoms with Crippen LogP contribution in [0.5, 0.6) is 0 Å². The zero-order chi connectivity index (χ0) is 9.68. The van der Waals surface area contributed by atoms with E-state index in [2.05, 4.69) is 42.5 Å². The van der Waals surface area contributed by atoms with E-state index in [1.165, 1.54) is 11.1 Å². The number of hydrogen-bond acceptors (Lipinski definition) is 2. The van der Waals surface area contributed by atoms with Crippen molar-refractivity contribution in [3.05, 3.63) is 35.4 Å². The molecule has 1 unspecified atom stereocenters. The molecule has 0 saturated heterocycles. The molecule has 0 heterocycles. The van der Waals surface area contributed by atoms with Gasteiger partial charge in [0.15, 0.2) is 0 Å². The molecule has 0 radical (unpaired) electrons. The minimum Gasteiger partial charge on any atom is -0.270 e. The van der Waals surface area contributed by atoms with Gasteiger partial charge in [0.1, 0.15) is 0 Å². The first kappa shape index (κ1) is 9.79. The second kappa shape index (κ2) is 4.66. The van der Waals surface area contributed by atoms with Crippen LogP contribution in [-0.4, -0.2) is 6.04 Å². The van der Waals surface area contributed by atoms with Gasteiger partial charge < -0.3 is 0 Å². The summed E-state index contributed by atoms with van der Waals surface area (Å²) in [6.07, 6.45) is 6.04. The Balaban J connectivity index is 2.64. The van der Waals surface area contributed by atoms with Crippen molar-refractivity contribution in [2.45, 2.75) is 19.4 Å². The lowest BCUT2D eigenvalue weighted by atomic mass is 10.1. The number of hydrogen-bond donors (Lipinski definition) is 2. The minimum atomic E-state index is -0.0808. The van der Waals surface area contributed by atoms with Crippen LogP contribution in [0.2, 0.25) is 0 Å². The SMILES string of the molecule is C#CC(Cc1ccc(C)cc1)NN. The normalized spacial score (nSPS) is 12.1. The molecule has 0 saturated carbocycles. The second-order valence-corrected chi connectivity index (χ2v) is 3.08. The highest BCUT2D eigenvalue weighted by atomic mass is 15.2. The van der Waals surface area contributed by atoms with Crippen molar-refractivity contribution in [1.82, 2.24) is 5.43 Å². The zero-order valence-corrected chi connectivity index (χ0v) is 7.75. The fraction of sp³-hybridized carbons (Fsp3) is 0.273. The van der Waals surface area contributed by atoms with Crippen molar-refractivity contribution >= 4 is 0 Å². The van der Waals surface area contributed by atoms with E-state index in [4.69, 9.17) is 12.3 Å². The molecular weight excluding hydrogens is 160 g/mol. The number of benzene rings is 1. The van der Waals surface area contributed by atoms with E-state index in [-0.39, 0.29) is 6.04 Å². The summed E-state index contributed by atoms with van der Waals surface area (Å²) in [6, 6.07) is 8.19. The van der Waals surface area contributed by atoms with Gasteiger partial charge in [-0.15, -0.1) is 6.42 Å². The third kappa shape index (κ3) is 2.90. The second-order valence-electron chi connectivity index (χ2n) is 3.08. The lowest BCUT2D eigenvalue weighted by Gasteiger charge is -2.08. The van der Waals surface area contributed by atoms with E-state index in [0.29, 0.717) is 0 Å². The van der Waals surface area contributed by atoms with Crippen LogP contribution in [0.4, 0.5) is 0 Å². The summed E-state index contributed by atoms with van der Waals surface area (Å²) in [6.45, 7) is 2.06. The molecule has 1 rings (SSSR count). The number of rotatable bonds is 3. The van der Waals surface area contributed by atoms with Crippen LogP contribution in [0.1, 0.15) is 11.1 Å². The van der Waals surface area contributed by atoms with Crippen molar-refractivity contribution in [1.29, 1.82) is 0 Å². The molecule has 1 atom stereocenters. The Morgan fingerprint density at radius 2 is 2.08 bits per heavy atom. The smallest absolute Gasteiger partial charge is 0.0855 e. The summed E-state index contributed by atoms with van der Waals surface area (Å²) in [7, 11) is 0. The van der Waals surface area contributed by atoms with Gasteiger partial charge >= 0.3 is 0 Å². The summed E-state index contributed by atoms with van der Waals surface area (Å²) in [5, 5.41) is 0. The highest BCUT2D eigenvalue weighted by molar-refractivity contribution is 5.23. The van der Waals surface area contributed by atoms with Gasteiger partial charge in [-0.25, -0.2) is 5.43 Å². The predicted molar refractivity (Wildman–Crippen MR) is 54.8 cm³/mol. The largest absolute Gasteiger partial charge is 0.270 e. The molecule has 0 aliphatic carbocycles. The summed E-state index contributed by atoms with van der Waals surface area (Å²) < 4.78 is 0. The molecule has 2 nitrogen and oxygen atoms in total. The predicted octanol–water partition coefficient (Wildman–Crippen LogP) is 1.00. The molecule has 0 amide bonds. The fourth-order valence-corrected chi connectivity index (χ4v) is 1.13. The number of hydrazine groups is 1. The standard InChI is InChI=1S/C11H14N2/c1-3-11(13-12)8-10-6-4-9(2)5-7-10/h1,4-7,11,13H,8,12H2,2H3. The highest BCUT2D eigenvalue weighted by Gasteiger charge is 2.02. The Hall–Kier alpha value is -1.30.